The standard InChI is InChI=1S/C21H36N4O2.HI/c1-6-7-8-12-25(4)21(22-2)23-18-19-10-9-11-20(17-19)27-16-14-24(3)13-15-26-5;/h6,9-11,17H,1,7-8,12-16,18H2,2-5H3,(H,22,23);1H. The second-order valence-corrected chi connectivity index (χ2v) is 6.55. The Labute approximate surface area is 188 Å². The molecule has 28 heavy (non-hydrogen) atoms. The highest BCUT2D eigenvalue weighted by Gasteiger charge is 2.06. The highest BCUT2D eigenvalue weighted by molar-refractivity contribution is 14.0. The fourth-order valence-corrected chi connectivity index (χ4v) is 2.57. The molecule has 0 radical (unpaired) electrons. The first-order valence-electron chi connectivity index (χ1n) is 9.52. The lowest BCUT2D eigenvalue weighted by molar-refractivity contribution is 0.150. The van der Waals surface area contributed by atoms with Gasteiger partial charge in [0.05, 0.1) is 6.61 Å². The van der Waals surface area contributed by atoms with E-state index >= 15 is 0 Å². The van der Waals surface area contributed by atoms with Gasteiger partial charge >= 0.3 is 0 Å². The van der Waals surface area contributed by atoms with Gasteiger partial charge in [-0.3, -0.25) is 4.99 Å². The number of unbranched alkanes of at least 4 members (excludes halogenated alkanes) is 1. The number of benzene rings is 1. The van der Waals surface area contributed by atoms with E-state index in [2.05, 4.69) is 52.9 Å². The highest BCUT2D eigenvalue weighted by atomic mass is 127. The molecular weight excluding hydrogens is 467 g/mol. The quantitative estimate of drug-likeness (QED) is 0.147. The number of likely N-dealkylation sites (N-methyl/N-ethyl adjacent to an activating group) is 1. The molecule has 0 amide bonds. The van der Waals surface area contributed by atoms with Gasteiger partial charge in [-0.15, -0.1) is 30.6 Å². The van der Waals surface area contributed by atoms with Crippen molar-refractivity contribution in [2.45, 2.75) is 19.4 Å². The van der Waals surface area contributed by atoms with E-state index in [9.17, 15) is 0 Å². The Hall–Kier alpha value is -1.32. The van der Waals surface area contributed by atoms with Crippen LogP contribution in [0.1, 0.15) is 18.4 Å². The average molecular weight is 504 g/mol. The molecule has 0 unspecified atom stereocenters. The SMILES string of the molecule is C=CCCCN(C)C(=NC)NCc1cccc(OCCN(C)CCOC)c1.I. The first-order valence-corrected chi connectivity index (χ1v) is 9.52. The van der Waals surface area contributed by atoms with Crippen LogP contribution in [-0.4, -0.2) is 76.9 Å². The van der Waals surface area contributed by atoms with Gasteiger partial charge in [-0.25, -0.2) is 0 Å². The van der Waals surface area contributed by atoms with Crippen molar-refractivity contribution >= 4 is 29.9 Å². The van der Waals surface area contributed by atoms with E-state index in [4.69, 9.17) is 9.47 Å². The van der Waals surface area contributed by atoms with E-state index in [0.29, 0.717) is 13.2 Å². The molecule has 0 atom stereocenters. The summed E-state index contributed by atoms with van der Waals surface area (Å²) < 4.78 is 11.0. The van der Waals surface area contributed by atoms with E-state index < -0.39 is 0 Å². The van der Waals surface area contributed by atoms with Gasteiger partial charge in [0.15, 0.2) is 5.96 Å². The minimum atomic E-state index is 0. The Bertz CT molecular complexity index is 569. The summed E-state index contributed by atoms with van der Waals surface area (Å²) in [5, 5.41) is 3.41. The first kappa shape index (κ1) is 26.7. The van der Waals surface area contributed by atoms with Crippen LogP contribution >= 0.6 is 24.0 Å². The van der Waals surface area contributed by atoms with Gasteiger partial charge in [0.2, 0.25) is 0 Å². The number of nitrogens with one attached hydrogen (secondary N) is 1. The van der Waals surface area contributed by atoms with Crippen molar-refractivity contribution in [2.75, 3.05) is 61.1 Å². The fourth-order valence-electron chi connectivity index (χ4n) is 2.57. The van der Waals surface area contributed by atoms with Crippen molar-refractivity contribution in [2.24, 2.45) is 4.99 Å². The van der Waals surface area contributed by atoms with Crippen molar-refractivity contribution in [3.63, 3.8) is 0 Å². The predicted molar refractivity (Wildman–Crippen MR) is 129 cm³/mol. The van der Waals surface area contributed by atoms with Crippen molar-refractivity contribution in [1.82, 2.24) is 15.1 Å². The van der Waals surface area contributed by atoms with E-state index in [1.54, 1.807) is 7.11 Å². The molecule has 1 N–H and O–H groups in total. The summed E-state index contributed by atoms with van der Waals surface area (Å²) in [6.45, 7) is 8.60. The highest BCUT2D eigenvalue weighted by Crippen LogP contribution is 2.13. The van der Waals surface area contributed by atoms with Gasteiger partial charge in [0.25, 0.3) is 0 Å². The number of guanidine groups is 1. The van der Waals surface area contributed by atoms with Gasteiger partial charge < -0.3 is 24.6 Å². The van der Waals surface area contributed by atoms with E-state index in [-0.39, 0.29) is 24.0 Å². The molecule has 0 heterocycles. The molecule has 0 aliphatic carbocycles. The summed E-state index contributed by atoms with van der Waals surface area (Å²) in [6, 6.07) is 8.19. The van der Waals surface area contributed by atoms with Crippen LogP contribution in [0.4, 0.5) is 0 Å². The molecule has 0 fully saturated rings. The molecule has 0 bridgehead atoms. The maximum Gasteiger partial charge on any atom is 0.193 e. The van der Waals surface area contributed by atoms with Crippen LogP contribution in [0, 0.1) is 0 Å². The minimum Gasteiger partial charge on any atom is -0.492 e. The van der Waals surface area contributed by atoms with Crippen molar-refractivity contribution < 1.29 is 9.47 Å². The summed E-state index contributed by atoms with van der Waals surface area (Å²) in [5.41, 5.74) is 1.17. The van der Waals surface area contributed by atoms with Crippen LogP contribution in [0.5, 0.6) is 5.75 Å². The Morgan fingerprint density at radius 1 is 1.21 bits per heavy atom. The predicted octanol–water partition coefficient (Wildman–Crippen LogP) is 3.24. The molecule has 1 aromatic carbocycles. The number of hydrogen-bond acceptors (Lipinski definition) is 4. The number of hydrogen-bond donors (Lipinski definition) is 1. The second kappa shape index (κ2) is 16.6. The summed E-state index contributed by atoms with van der Waals surface area (Å²) in [5.74, 6) is 1.79. The number of aliphatic imine (C=N–C) groups is 1. The average Bonchev–Trinajstić information content (AvgIpc) is 2.67. The summed E-state index contributed by atoms with van der Waals surface area (Å²) >= 11 is 0. The summed E-state index contributed by atoms with van der Waals surface area (Å²) in [4.78, 5) is 8.69. The first-order chi connectivity index (χ1) is 13.1. The third-order valence-electron chi connectivity index (χ3n) is 4.24. The molecule has 0 aromatic heterocycles. The Balaban J connectivity index is 0.00000729. The molecule has 0 saturated heterocycles. The third-order valence-corrected chi connectivity index (χ3v) is 4.24. The largest absolute Gasteiger partial charge is 0.492 e. The lowest BCUT2D eigenvalue weighted by Crippen LogP contribution is -2.38. The van der Waals surface area contributed by atoms with Crippen LogP contribution in [0.2, 0.25) is 0 Å². The zero-order chi connectivity index (χ0) is 19.9. The molecule has 160 valence electrons. The fraction of sp³-hybridized carbons (Fsp3) is 0.571. The molecule has 6 nitrogen and oxygen atoms in total. The van der Waals surface area contributed by atoms with Gasteiger partial charge in [0, 0.05) is 47.4 Å². The third kappa shape index (κ3) is 11.5. The van der Waals surface area contributed by atoms with Crippen molar-refractivity contribution in [3.8, 4) is 5.75 Å². The van der Waals surface area contributed by atoms with Crippen LogP contribution in [0.15, 0.2) is 41.9 Å². The maximum absolute atomic E-state index is 5.88. The molecule has 1 aromatic rings. The Kier molecular flexibility index (Phi) is 15.8. The number of ether oxygens (including phenoxy) is 2. The van der Waals surface area contributed by atoms with Gasteiger partial charge in [-0.2, -0.15) is 0 Å². The molecule has 0 aliphatic heterocycles. The normalized spacial score (nSPS) is 11.1. The van der Waals surface area contributed by atoms with Crippen molar-refractivity contribution in [3.05, 3.63) is 42.5 Å². The smallest absolute Gasteiger partial charge is 0.193 e. The molecule has 0 saturated carbocycles. The second-order valence-electron chi connectivity index (χ2n) is 6.55. The maximum atomic E-state index is 5.88. The van der Waals surface area contributed by atoms with Crippen LogP contribution in [0.3, 0.4) is 0 Å². The van der Waals surface area contributed by atoms with Gasteiger partial charge in [-0.05, 0) is 37.6 Å². The number of rotatable bonds is 13. The number of methoxy groups -OCH3 is 1. The molecule has 0 spiro atoms. The van der Waals surface area contributed by atoms with Crippen LogP contribution in [0.25, 0.3) is 0 Å². The van der Waals surface area contributed by atoms with E-state index in [1.165, 1.54) is 5.56 Å². The Morgan fingerprint density at radius 3 is 2.64 bits per heavy atom. The Morgan fingerprint density at radius 2 is 1.96 bits per heavy atom. The topological polar surface area (TPSA) is 49.3 Å². The zero-order valence-corrected chi connectivity index (χ0v) is 20.1. The van der Waals surface area contributed by atoms with Gasteiger partial charge in [0.1, 0.15) is 12.4 Å². The van der Waals surface area contributed by atoms with Crippen LogP contribution in [-0.2, 0) is 11.3 Å². The van der Waals surface area contributed by atoms with E-state index in [0.717, 1.165) is 50.8 Å². The number of halogens is 1. The molecule has 0 aliphatic rings. The number of allylic oxidation sites excluding steroid dienone is 1. The van der Waals surface area contributed by atoms with Crippen LogP contribution < -0.4 is 10.1 Å². The molecular formula is C21H37IN4O2. The summed E-state index contributed by atoms with van der Waals surface area (Å²) in [7, 11) is 7.65. The van der Waals surface area contributed by atoms with Crippen molar-refractivity contribution in [1.29, 1.82) is 0 Å². The molecule has 7 heteroatoms. The number of nitrogens with zero attached hydrogens (tertiary/aromatic N) is 3. The lowest BCUT2D eigenvalue weighted by atomic mass is 10.2. The monoisotopic (exact) mass is 504 g/mol. The van der Waals surface area contributed by atoms with Gasteiger partial charge in [-0.1, -0.05) is 18.2 Å². The summed E-state index contributed by atoms with van der Waals surface area (Å²) in [6.07, 6.45) is 4.04. The lowest BCUT2D eigenvalue weighted by Gasteiger charge is -2.22. The minimum absolute atomic E-state index is 0. The molecule has 1 rings (SSSR count). The zero-order valence-electron chi connectivity index (χ0n) is 17.8. The van der Waals surface area contributed by atoms with E-state index in [1.807, 2.05) is 25.3 Å².